The summed E-state index contributed by atoms with van der Waals surface area (Å²) < 4.78 is 26.9. The van der Waals surface area contributed by atoms with E-state index in [0.29, 0.717) is 31.7 Å². The van der Waals surface area contributed by atoms with Crippen molar-refractivity contribution in [2.24, 2.45) is 0 Å². The van der Waals surface area contributed by atoms with Crippen molar-refractivity contribution in [1.29, 1.82) is 0 Å². The Hall–Kier alpha value is -2.18. The zero-order valence-electron chi connectivity index (χ0n) is 15.2. The number of carbonyl (C=O) groups is 1. The predicted octanol–water partition coefficient (Wildman–Crippen LogP) is 2.59. The molecule has 1 amide bonds. The largest absolute Gasteiger partial charge is 0.336 e. The van der Waals surface area contributed by atoms with Gasteiger partial charge in [0.2, 0.25) is 10.0 Å². The van der Waals surface area contributed by atoms with E-state index in [2.05, 4.69) is 0 Å². The normalized spacial score (nSPS) is 15.8. The number of sulfonamides is 1. The van der Waals surface area contributed by atoms with Crippen LogP contribution in [0.2, 0.25) is 0 Å². The predicted molar refractivity (Wildman–Crippen MR) is 102 cm³/mol. The van der Waals surface area contributed by atoms with Crippen molar-refractivity contribution in [3.05, 3.63) is 70.8 Å². The molecule has 0 bridgehead atoms. The summed E-state index contributed by atoms with van der Waals surface area (Å²) in [4.78, 5) is 14.4. The lowest BCUT2D eigenvalue weighted by molar-refractivity contribution is 0.0697. The topological polar surface area (TPSA) is 57.7 Å². The second-order valence-electron chi connectivity index (χ2n) is 6.75. The van der Waals surface area contributed by atoms with Gasteiger partial charge in [0.15, 0.2) is 0 Å². The van der Waals surface area contributed by atoms with Crippen LogP contribution in [0.4, 0.5) is 0 Å². The molecule has 1 saturated heterocycles. The molecule has 0 saturated carbocycles. The lowest BCUT2D eigenvalue weighted by atomic mass is 10.1. The van der Waals surface area contributed by atoms with Crippen LogP contribution in [0, 0.1) is 13.8 Å². The summed E-state index contributed by atoms with van der Waals surface area (Å²) in [6.07, 6.45) is 0. The molecular weight excluding hydrogens is 348 g/mol. The third kappa shape index (κ3) is 4.14. The number of hydrogen-bond acceptors (Lipinski definition) is 3. The molecule has 1 aliphatic heterocycles. The Bertz CT molecular complexity index is 901. The molecule has 0 spiro atoms. The fraction of sp³-hybridized carbons (Fsp3) is 0.350. The van der Waals surface area contributed by atoms with Gasteiger partial charge in [0.05, 0.1) is 5.75 Å². The van der Waals surface area contributed by atoms with Crippen molar-refractivity contribution in [2.75, 3.05) is 26.2 Å². The molecule has 0 aliphatic carbocycles. The first-order valence-electron chi connectivity index (χ1n) is 8.75. The molecule has 26 heavy (non-hydrogen) atoms. The van der Waals surface area contributed by atoms with Gasteiger partial charge in [0.25, 0.3) is 5.91 Å². The van der Waals surface area contributed by atoms with Crippen LogP contribution in [-0.2, 0) is 15.8 Å². The van der Waals surface area contributed by atoms with Gasteiger partial charge in [-0.15, -0.1) is 0 Å². The Morgan fingerprint density at radius 2 is 1.65 bits per heavy atom. The number of hydrogen-bond donors (Lipinski definition) is 0. The number of rotatable bonds is 4. The van der Waals surface area contributed by atoms with E-state index in [1.54, 1.807) is 4.90 Å². The summed E-state index contributed by atoms with van der Waals surface area (Å²) in [7, 11) is -3.38. The molecule has 2 aromatic rings. The second-order valence-corrected chi connectivity index (χ2v) is 8.72. The van der Waals surface area contributed by atoms with Crippen molar-refractivity contribution >= 4 is 15.9 Å². The van der Waals surface area contributed by atoms with Gasteiger partial charge in [-0.2, -0.15) is 4.31 Å². The maximum atomic E-state index is 12.7. The van der Waals surface area contributed by atoms with Crippen LogP contribution in [0.5, 0.6) is 0 Å². The van der Waals surface area contributed by atoms with Crippen molar-refractivity contribution in [3.8, 4) is 0 Å². The maximum Gasteiger partial charge on any atom is 0.254 e. The second kappa shape index (κ2) is 7.60. The number of piperazine rings is 1. The van der Waals surface area contributed by atoms with Gasteiger partial charge in [0.1, 0.15) is 0 Å². The van der Waals surface area contributed by atoms with E-state index in [-0.39, 0.29) is 11.7 Å². The molecule has 2 aromatic carbocycles. The standard InChI is InChI=1S/C20H24N2O3S/c1-16-6-5-8-18(14-16)15-26(24,25)22-12-10-21(11-13-22)20(23)19-9-4-3-7-17(19)2/h3-9,14H,10-13,15H2,1-2H3. The van der Waals surface area contributed by atoms with E-state index in [1.807, 2.05) is 62.4 Å². The van der Waals surface area contributed by atoms with E-state index in [4.69, 9.17) is 0 Å². The van der Waals surface area contributed by atoms with Gasteiger partial charge in [-0.3, -0.25) is 4.79 Å². The minimum Gasteiger partial charge on any atom is -0.336 e. The third-order valence-corrected chi connectivity index (χ3v) is 6.58. The van der Waals surface area contributed by atoms with E-state index >= 15 is 0 Å². The van der Waals surface area contributed by atoms with Crippen molar-refractivity contribution in [1.82, 2.24) is 9.21 Å². The highest BCUT2D eigenvalue weighted by Crippen LogP contribution is 2.17. The molecule has 138 valence electrons. The van der Waals surface area contributed by atoms with E-state index in [1.165, 1.54) is 4.31 Å². The van der Waals surface area contributed by atoms with Gasteiger partial charge in [0, 0.05) is 31.7 Å². The highest BCUT2D eigenvalue weighted by molar-refractivity contribution is 7.88. The van der Waals surface area contributed by atoms with Crippen LogP contribution in [0.15, 0.2) is 48.5 Å². The average Bonchev–Trinajstić information content (AvgIpc) is 2.61. The SMILES string of the molecule is Cc1cccc(CS(=O)(=O)N2CCN(C(=O)c3ccccc3C)CC2)c1. The lowest BCUT2D eigenvalue weighted by Gasteiger charge is -2.34. The summed E-state index contributed by atoms with van der Waals surface area (Å²) in [6, 6.07) is 15.0. The molecular formula is C20H24N2O3S. The summed E-state index contributed by atoms with van der Waals surface area (Å²) in [5.74, 6) is -0.0284. The van der Waals surface area contributed by atoms with Crippen molar-refractivity contribution in [3.63, 3.8) is 0 Å². The van der Waals surface area contributed by atoms with Crippen molar-refractivity contribution in [2.45, 2.75) is 19.6 Å². The van der Waals surface area contributed by atoms with Crippen LogP contribution in [0.1, 0.15) is 27.0 Å². The van der Waals surface area contributed by atoms with E-state index in [9.17, 15) is 13.2 Å². The number of nitrogens with zero attached hydrogens (tertiary/aromatic N) is 2. The first-order valence-corrected chi connectivity index (χ1v) is 10.4. The summed E-state index contributed by atoms with van der Waals surface area (Å²) in [5.41, 5.74) is 3.46. The van der Waals surface area contributed by atoms with Crippen LogP contribution in [0.25, 0.3) is 0 Å². The molecule has 0 radical (unpaired) electrons. The Kier molecular flexibility index (Phi) is 5.44. The molecule has 1 aliphatic rings. The van der Waals surface area contributed by atoms with Crippen molar-refractivity contribution < 1.29 is 13.2 Å². The first kappa shape index (κ1) is 18.6. The zero-order chi connectivity index (χ0) is 18.7. The molecule has 3 rings (SSSR count). The summed E-state index contributed by atoms with van der Waals surface area (Å²) in [6.45, 7) is 5.37. The third-order valence-electron chi connectivity index (χ3n) is 4.73. The van der Waals surface area contributed by atoms with Gasteiger partial charge in [-0.05, 0) is 31.0 Å². The van der Waals surface area contributed by atoms with Crippen LogP contribution >= 0.6 is 0 Å². The molecule has 5 nitrogen and oxygen atoms in total. The fourth-order valence-corrected chi connectivity index (χ4v) is 4.76. The molecule has 0 unspecified atom stereocenters. The van der Waals surface area contributed by atoms with Gasteiger partial charge in [-0.1, -0.05) is 48.0 Å². The van der Waals surface area contributed by atoms with Gasteiger partial charge in [-0.25, -0.2) is 8.42 Å². The molecule has 1 fully saturated rings. The Balaban J connectivity index is 1.64. The number of amides is 1. The summed E-state index contributed by atoms with van der Waals surface area (Å²) >= 11 is 0. The highest BCUT2D eigenvalue weighted by atomic mass is 32.2. The zero-order valence-corrected chi connectivity index (χ0v) is 16.0. The molecule has 0 aromatic heterocycles. The first-order chi connectivity index (χ1) is 12.4. The highest BCUT2D eigenvalue weighted by Gasteiger charge is 2.29. The average molecular weight is 372 g/mol. The minimum atomic E-state index is -3.38. The molecule has 6 heteroatoms. The quantitative estimate of drug-likeness (QED) is 0.829. The Labute approximate surface area is 155 Å². The maximum absolute atomic E-state index is 12.7. The lowest BCUT2D eigenvalue weighted by Crippen LogP contribution is -2.50. The van der Waals surface area contributed by atoms with Gasteiger partial charge >= 0.3 is 0 Å². The smallest absolute Gasteiger partial charge is 0.254 e. The van der Waals surface area contributed by atoms with E-state index < -0.39 is 10.0 Å². The van der Waals surface area contributed by atoms with Crippen LogP contribution in [-0.4, -0.2) is 49.7 Å². The van der Waals surface area contributed by atoms with Gasteiger partial charge < -0.3 is 4.90 Å². The summed E-state index contributed by atoms with van der Waals surface area (Å²) in [5, 5.41) is 0. The number of benzene rings is 2. The Morgan fingerprint density at radius 3 is 2.31 bits per heavy atom. The molecule has 1 heterocycles. The molecule has 0 N–H and O–H groups in total. The van der Waals surface area contributed by atoms with Crippen LogP contribution in [0.3, 0.4) is 0 Å². The van der Waals surface area contributed by atoms with Crippen LogP contribution < -0.4 is 0 Å². The molecule has 0 atom stereocenters. The fourth-order valence-electron chi connectivity index (χ4n) is 3.26. The van der Waals surface area contributed by atoms with E-state index in [0.717, 1.165) is 16.7 Å². The number of aryl methyl sites for hydroxylation is 2. The number of carbonyl (C=O) groups excluding carboxylic acids is 1. The monoisotopic (exact) mass is 372 g/mol. The minimum absolute atomic E-state index is 0.000417. The Morgan fingerprint density at radius 1 is 0.962 bits per heavy atom.